The standard InChI is InChI=1S/C19H34N2O4/c1-5-6-18-14(2)13-17(16(4)25-18)21-19(23)8-7-15(3)20-9-11-24-12-10-22/h5,7-8,14-18,20,22H,1,6,9-13H2,2-4H3,(H,21,23)/b8-7-. The monoisotopic (exact) mass is 354 g/mol. The first kappa shape index (κ1) is 21.8. The fourth-order valence-electron chi connectivity index (χ4n) is 2.93. The highest BCUT2D eigenvalue weighted by molar-refractivity contribution is 5.87. The van der Waals surface area contributed by atoms with Gasteiger partial charge in [-0.05, 0) is 32.6 Å². The van der Waals surface area contributed by atoms with E-state index in [1.54, 1.807) is 6.08 Å². The highest BCUT2D eigenvalue weighted by Crippen LogP contribution is 2.27. The largest absolute Gasteiger partial charge is 0.394 e. The Hall–Kier alpha value is -1.21. The van der Waals surface area contributed by atoms with E-state index in [-0.39, 0.29) is 36.8 Å². The third kappa shape index (κ3) is 8.63. The molecule has 0 radical (unpaired) electrons. The first-order chi connectivity index (χ1) is 12.0. The van der Waals surface area contributed by atoms with Gasteiger partial charge in [0.2, 0.25) is 5.91 Å². The maximum absolute atomic E-state index is 12.1. The van der Waals surface area contributed by atoms with Crippen LogP contribution in [0.5, 0.6) is 0 Å². The molecule has 1 saturated heterocycles. The summed E-state index contributed by atoms with van der Waals surface area (Å²) < 4.78 is 11.2. The molecule has 1 aliphatic rings. The number of aliphatic hydroxyl groups excluding tert-OH is 1. The number of aliphatic hydroxyl groups is 1. The number of hydrogen-bond donors (Lipinski definition) is 3. The van der Waals surface area contributed by atoms with Crippen molar-refractivity contribution in [1.29, 1.82) is 0 Å². The molecule has 6 nitrogen and oxygen atoms in total. The first-order valence-corrected chi connectivity index (χ1v) is 9.15. The Morgan fingerprint density at radius 1 is 1.44 bits per heavy atom. The Balaban J connectivity index is 2.32. The molecule has 5 atom stereocenters. The maximum atomic E-state index is 12.1. The third-order valence-corrected chi connectivity index (χ3v) is 4.43. The van der Waals surface area contributed by atoms with Crippen LogP contribution in [0.3, 0.4) is 0 Å². The van der Waals surface area contributed by atoms with Gasteiger partial charge in [-0.1, -0.05) is 19.1 Å². The molecule has 1 aliphatic heterocycles. The molecule has 0 aliphatic carbocycles. The molecule has 0 aromatic rings. The molecule has 1 fully saturated rings. The van der Waals surface area contributed by atoms with E-state index in [2.05, 4.69) is 24.1 Å². The molecule has 1 heterocycles. The number of carbonyl (C=O) groups is 1. The molecular formula is C19H34N2O4. The molecule has 0 aromatic carbocycles. The summed E-state index contributed by atoms with van der Waals surface area (Å²) in [4.78, 5) is 12.1. The second kappa shape index (κ2) is 12.2. The van der Waals surface area contributed by atoms with E-state index in [4.69, 9.17) is 14.6 Å². The zero-order valence-corrected chi connectivity index (χ0v) is 15.7. The lowest BCUT2D eigenvalue weighted by Crippen LogP contribution is -2.50. The summed E-state index contributed by atoms with van der Waals surface area (Å²) in [5.41, 5.74) is 0. The van der Waals surface area contributed by atoms with Gasteiger partial charge >= 0.3 is 0 Å². The maximum Gasteiger partial charge on any atom is 0.244 e. The Morgan fingerprint density at radius 2 is 2.20 bits per heavy atom. The van der Waals surface area contributed by atoms with Crippen LogP contribution < -0.4 is 10.6 Å². The molecule has 144 valence electrons. The zero-order valence-electron chi connectivity index (χ0n) is 15.7. The second-order valence-corrected chi connectivity index (χ2v) is 6.67. The molecule has 25 heavy (non-hydrogen) atoms. The van der Waals surface area contributed by atoms with E-state index in [0.29, 0.717) is 25.7 Å². The van der Waals surface area contributed by atoms with E-state index in [9.17, 15) is 4.79 Å². The van der Waals surface area contributed by atoms with E-state index in [1.165, 1.54) is 0 Å². The van der Waals surface area contributed by atoms with Crippen LogP contribution in [0.25, 0.3) is 0 Å². The van der Waals surface area contributed by atoms with Gasteiger partial charge in [-0.25, -0.2) is 0 Å². The summed E-state index contributed by atoms with van der Waals surface area (Å²) in [6.45, 7) is 11.5. The molecule has 1 rings (SSSR count). The Labute approximate surface area is 151 Å². The smallest absolute Gasteiger partial charge is 0.244 e. The van der Waals surface area contributed by atoms with Crippen LogP contribution in [0.4, 0.5) is 0 Å². The quantitative estimate of drug-likeness (QED) is 0.297. The van der Waals surface area contributed by atoms with Crippen LogP contribution in [-0.2, 0) is 14.3 Å². The molecule has 0 spiro atoms. The van der Waals surface area contributed by atoms with Crippen molar-refractivity contribution in [2.45, 2.75) is 57.9 Å². The fourth-order valence-corrected chi connectivity index (χ4v) is 2.93. The van der Waals surface area contributed by atoms with E-state index in [1.807, 2.05) is 26.0 Å². The molecule has 3 N–H and O–H groups in total. The fraction of sp³-hybridized carbons (Fsp3) is 0.737. The van der Waals surface area contributed by atoms with Crippen LogP contribution in [0, 0.1) is 5.92 Å². The van der Waals surface area contributed by atoms with Gasteiger partial charge in [0.25, 0.3) is 0 Å². The molecule has 6 heteroatoms. The van der Waals surface area contributed by atoms with Gasteiger partial charge in [-0.3, -0.25) is 4.79 Å². The summed E-state index contributed by atoms with van der Waals surface area (Å²) >= 11 is 0. The van der Waals surface area contributed by atoms with Gasteiger partial charge in [0.1, 0.15) is 0 Å². The lowest BCUT2D eigenvalue weighted by molar-refractivity contribution is -0.123. The Morgan fingerprint density at radius 3 is 2.88 bits per heavy atom. The number of ether oxygens (including phenoxy) is 2. The van der Waals surface area contributed by atoms with E-state index >= 15 is 0 Å². The Kier molecular flexibility index (Phi) is 10.6. The van der Waals surface area contributed by atoms with Crippen LogP contribution in [0.2, 0.25) is 0 Å². The highest BCUT2D eigenvalue weighted by atomic mass is 16.5. The van der Waals surface area contributed by atoms with Gasteiger partial charge in [0.05, 0.1) is 38.1 Å². The molecular weight excluding hydrogens is 320 g/mol. The molecule has 5 unspecified atom stereocenters. The number of rotatable bonds is 11. The summed E-state index contributed by atoms with van der Waals surface area (Å²) in [5.74, 6) is 0.294. The van der Waals surface area contributed by atoms with Gasteiger partial charge in [0, 0.05) is 18.7 Å². The van der Waals surface area contributed by atoms with Crippen molar-refractivity contribution < 1.29 is 19.4 Å². The molecule has 0 aromatic heterocycles. The van der Waals surface area contributed by atoms with E-state index in [0.717, 1.165) is 12.8 Å². The predicted molar refractivity (Wildman–Crippen MR) is 99.4 cm³/mol. The van der Waals surface area contributed by atoms with Crippen molar-refractivity contribution in [3.05, 3.63) is 24.8 Å². The van der Waals surface area contributed by atoms with Gasteiger partial charge in [-0.15, -0.1) is 6.58 Å². The second-order valence-electron chi connectivity index (χ2n) is 6.67. The van der Waals surface area contributed by atoms with Gasteiger partial charge < -0.3 is 25.2 Å². The molecule has 0 saturated carbocycles. The average molecular weight is 354 g/mol. The first-order valence-electron chi connectivity index (χ1n) is 9.15. The topological polar surface area (TPSA) is 79.8 Å². The minimum Gasteiger partial charge on any atom is -0.394 e. The van der Waals surface area contributed by atoms with Crippen molar-refractivity contribution in [3.8, 4) is 0 Å². The van der Waals surface area contributed by atoms with Crippen LogP contribution >= 0.6 is 0 Å². The van der Waals surface area contributed by atoms with Crippen molar-refractivity contribution in [3.63, 3.8) is 0 Å². The van der Waals surface area contributed by atoms with Crippen molar-refractivity contribution >= 4 is 5.91 Å². The zero-order chi connectivity index (χ0) is 18.7. The normalized spacial score (nSPS) is 28.0. The highest BCUT2D eigenvalue weighted by Gasteiger charge is 2.33. The predicted octanol–water partition coefficient (Wildman–Crippen LogP) is 1.40. The van der Waals surface area contributed by atoms with Gasteiger partial charge in [-0.2, -0.15) is 0 Å². The minimum absolute atomic E-state index is 0.00211. The summed E-state index contributed by atoms with van der Waals surface area (Å²) in [5, 5.41) is 14.9. The van der Waals surface area contributed by atoms with Crippen molar-refractivity contribution in [2.75, 3.05) is 26.4 Å². The van der Waals surface area contributed by atoms with Crippen LogP contribution in [0.1, 0.15) is 33.6 Å². The minimum atomic E-state index is -0.0972. The SMILES string of the molecule is C=CCC1OC(C)C(NC(=O)/C=C\C(C)NCCOCCO)CC1C. The lowest BCUT2D eigenvalue weighted by atomic mass is 9.88. The average Bonchev–Trinajstić information content (AvgIpc) is 2.57. The summed E-state index contributed by atoms with van der Waals surface area (Å²) in [6, 6.07) is 0.0998. The van der Waals surface area contributed by atoms with Crippen molar-refractivity contribution in [1.82, 2.24) is 10.6 Å². The van der Waals surface area contributed by atoms with Gasteiger partial charge in [0.15, 0.2) is 0 Å². The summed E-state index contributed by atoms with van der Waals surface area (Å²) in [6.07, 6.45) is 7.23. The number of hydrogen-bond acceptors (Lipinski definition) is 5. The van der Waals surface area contributed by atoms with Crippen molar-refractivity contribution in [2.24, 2.45) is 5.92 Å². The van der Waals surface area contributed by atoms with Crippen LogP contribution in [0.15, 0.2) is 24.8 Å². The summed E-state index contributed by atoms with van der Waals surface area (Å²) in [7, 11) is 0. The molecule has 0 bridgehead atoms. The molecule has 1 amide bonds. The number of carbonyl (C=O) groups excluding carboxylic acids is 1. The Bertz CT molecular complexity index is 428. The number of nitrogens with one attached hydrogen (secondary N) is 2. The number of amides is 1. The third-order valence-electron chi connectivity index (χ3n) is 4.43. The van der Waals surface area contributed by atoms with E-state index < -0.39 is 0 Å². The lowest BCUT2D eigenvalue weighted by Gasteiger charge is -2.39. The van der Waals surface area contributed by atoms with Crippen LogP contribution in [-0.4, -0.2) is 61.7 Å².